The van der Waals surface area contributed by atoms with Crippen molar-refractivity contribution < 1.29 is 0 Å². The van der Waals surface area contributed by atoms with Gasteiger partial charge in [0.05, 0.1) is 0 Å². The lowest BCUT2D eigenvalue weighted by molar-refractivity contribution is 1.04. The fourth-order valence-corrected chi connectivity index (χ4v) is 4.30. The van der Waals surface area contributed by atoms with Gasteiger partial charge in [0.15, 0.2) is 0 Å². The van der Waals surface area contributed by atoms with E-state index < -0.39 is 0 Å². The smallest absolute Gasteiger partial charge is 0.0156 e. The third kappa shape index (κ3) is 2.75. The molecule has 0 aromatic carbocycles. The molecule has 0 saturated carbocycles. The van der Waals surface area contributed by atoms with Crippen LogP contribution in [0.25, 0.3) is 0 Å². The first-order valence-electron chi connectivity index (χ1n) is 4.97. The summed E-state index contributed by atoms with van der Waals surface area (Å²) in [7, 11) is 0.264. The minimum atomic E-state index is 0.264. The lowest BCUT2D eigenvalue weighted by Gasteiger charge is -2.20. The van der Waals surface area contributed by atoms with E-state index in [0.29, 0.717) is 0 Å². The normalized spacial score (nSPS) is 16.6. The van der Waals surface area contributed by atoms with Crippen molar-refractivity contribution in [3.8, 4) is 0 Å². The minimum Gasteiger partial charge on any atom is -0.0957 e. The van der Waals surface area contributed by atoms with Crippen LogP contribution in [0.15, 0.2) is 24.3 Å². The molecule has 0 aliphatic heterocycles. The van der Waals surface area contributed by atoms with Crippen LogP contribution in [0.5, 0.6) is 0 Å². The van der Waals surface area contributed by atoms with E-state index in [-0.39, 0.29) is 7.92 Å². The third-order valence-corrected chi connectivity index (χ3v) is 5.40. The molecule has 0 spiro atoms. The maximum Gasteiger partial charge on any atom is 0.0156 e. The molecule has 0 unspecified atom stereocenters. The number of allylic oxidation sites excluding steroid dienone is 4. The lowest BCUT2D eigenvalue weighted by Crippen LogP contribution is -2.01. The molecule has 1 aliphatic rings. The largest absolute Gasteiger partial charge is 0.0957 e. The molecule has 0 bridgehead atoms. The predicted octanol–water partition coefficient (Wildman–Crippen LogP) is 3.78. The second-order valence-corrected chi connectivity index (χ2v) is 5.96. The molecule has 0 radical (unpaired) electrons. The van der Waals surface area contributed by atoms with Crippen LogP contribution in [0.3, 0.4) is 0 Å². The summed E-state index contributed by atoms with van der Waals surface area (Å²) in [6.45, 7) is 4.60. The van der Waals surface area contributed by atoms with E-state index >= 15 is 0 Å². The Morgan fingerprint density at radius 3 is 1.92 bits per heavy atom. The van der Waals surface area contributed by atoms with Crippen molar-refractivity contribution in [2.45, 2.75) is 32.3 Å². The van der Waals surface area contributed by atoms with Gasteiger partial charge in [-0.1, -0.05) is 58.9 Å². The summed E-state index contributed by atoms with van der Waals surface area (Å²) in [5.41, 5.74) is 0.805. The molecular formula is C11H19P. The first-order valence-corrected chi connectivity index (χ1v) is 6.75. The Morgan fingerprint density at radius 2 is 1.50 bits per heavy atom. The van der Waals surface area contributed by atoms with Gasteiger partial charge in [-0.2, -0.15) is 0 Å². The molecule has 0 aromatic rings. The van der Waals surface area contributed by atoms with Crippen molar-refractivity contribution in [3.05, 3.63) is 24.3 Å². The van der Waals surface area contributed by atoms with Gasteiger partial charge >= 0.3 is 0 Å². The zero-order chi connectivity index (χ0) is 8.81. The van der Waals surface area contributed by atoms with Gasteiger partial charge in [-0.25, -0.2) is 0 Å². The Balaban J connectivity index is 2.40. The van der Waals surface area contributed by atoms with E-state index in [2.05, 4.69) is 38.2 Å². The van der Waals surface area contributed by atoms with Gasteiger partial charge < -0.3 is 0 Å². The van der Waals surface area contributed by atoms with E-state index in [0.717, 1.165) is 5.66 Å². The lowest BCUT2D eigenvalue weighted by atomic mass is 10.5. The quantitative estimate of drug-likeness (QED) is 0.567. The van der Waals surface area contributed by atoms with Crippen molar-refractivity contribution in [1.29, 1.82) is 0 Å². The summed E-state index contributed by atoms with van der Waals surface area (Å²) in [6, 6.07) is 0. The van der Waals surface area contributed by atoms with Crippen LogP contribution < -0.4 is 0 Å². The summed E-state index contributed by atoms with van der Waals surface area (Å²) in [4.78, 5) is 0. The Kier molecular flexibility index (Phi) is 4.61. The SMILES string of the molecule is CCCP(CCC)C1C=CC=C1. The minimum absolute atomic E-state index is 0.264. The van der Waals surface area contributed by atoms with Crippen LogP contribution in [0.4, 0.5) is 0 Å². The van der Waals surface area contributed by atoms with Crippen LogP contribution in [0.2, 0.25) is 0 Å². The van der Waals surface area contributed by atoms with E-state index in [1.165, 1.54) is 25.2 Å². The van der Waals surface area contributed by atoms with Gasteiger partial charge in [0.2, 0.25) is 0 Å². The van der Waals surface area contributed by atoms with Gasteiger partial charge in [-0.15, -0.1) is 0 Å². The highest BCUT2D eigenvalue weighted by atomic mass is 31.1. The summed E-state index contributed by atoms with van der Waals surface area (Å²) in [5.74, 6) is 0. The van der Waals surface area contributed by atoms with E-state index in [1.54, 1.807) is 0 Å². The van der Waals surface area contributed by atoms with Crippen molar-refractivity contribution in [2.75, 3.05) is 12.3 Å². The maximum atomic E-state index is 2.37. The molecule has 0 heterocycles. The highest BCUT2D eigenvalue weighted by Gasteiger charge is 2.15. The van der Waals surface area contributed by atoms with Crippen molar-refractivity contribution in [3.63, 3.8) is 0 Å². The van der Waals surface area contributed by atoms with Crippen LogP contribution in [-0.2, 0) is 0 Å². The van der Waals surface area contributed by atoms with Crippen LogP contribution in [0.1, 0.15) is 26.7 Å². The van der Waals surface area contributed by atoms with Gasteiger partial charge in [-0.3, -0.25) is 0 Å². The molecule has 68 valence electrons. The molecule has 0 aromatic heterocycles. The zero-order valence-electron chi connectivity index (χ0n) is 8.16. The molecule has 0 amide bonds. The third-order valence-electron chi connectivity index (χ3n) is 2.17. The molecule has 0 atom stereocenters. The molecule has 1 rings (SSSR count). The Hall–Kier alpha value is -0.0900. The summed E-state index contributed by atoms with van der Waals surface area (Å²) in [6.07, 6.45) is 14.7. The first kappa shape index (κ1) is 9.99. The van der Waals surface area contributed by atoms with Crippen LogP contribution in [-0.4, -0.2) is 18.0 Å². The second kappa shape index (κ2) is 5.54. The Bertz CT molecular complexity index is 152. The summed E-state index contributed by atoms with van der Waals surface area (Å²) < 4.78 is 0. The number of rotatable bonds is 5. The van der Waals surface area contributed by atoms with Gasteiger partial charge in [-0.05, 0) is 12.3 Å². The van der Waals surface area contributed by atoms with Crippen LogP contribution in [0, 0.1) is 0 Å². The average molecular weight is 182 g/mol. The summed E-state index contributed by atoms with van der Waals surface area (Å²) >= 11 is 0. The molecule has 0 fully saturated rings. The van der Waals surface area contributed by atoms with Crippen LogP contribution >= 0.6 is 7.92 Å². The molecule has 12 heavy (non-hydrogen) atoms. The molecule has 0 nitrogen and oxygen atoms in total. The molecule has 1 heteroatoms. The van der Waals surface area contributed by atoms with Crippen molar-refractivity contribution >= 4 is 7.92 Å². The average Bonchev–Trinajstić information content (AvgIpc) is 2.56. The Labute approximate surface area is 77.5 Å². The standard InChI is InChI=1S/C11H19P/c1-3-9-12(10-4-2)11-7-5-6-8-11/h5-8,11H,3-4,9-10H2,1-2H3. The van der Waals surface area contributed by atoms with E-state index in [1.807, 2.05) is 0 Å². The highest BCUT2D eigenvalue weighted by Crippen LogP contribution is 2.45. The van der Waals surface area contributed by atoms with Gasteiger partial charge in [0.25, 0.3) is 0 Å². The van der Waals surface area contributed by atoms with Crippen molar-refractivity contribution in [2.24, 2.45) is 0 Å². The van der Waals surface area contributed by atoms with Gasteiger partial charge in [0.1, 0.15) is 0 Å². The second-order valence-electron chi connectivity index (χ2n) is 3.30. The Morgan fingerprint density at radius 1 is 1.00 bits per heavy atom. The van der Waals surface area contributed by atoms with E-state index in [9.17, 15) is 0 Å². The molecular weight excluding hydrogens is 163 g/mol. The van der Waals surface area contributed by atoms with E-state index in [4.69, 9.17) is 0 Å². The molecule has 0 N–H and O–H groups in total. The maximum absolute atomic E-state index is 2.37. The molecule has 0 saturated heterocycles. The van der Waals surface area contributed by atoms with Crippen molar-refractivity contribution in [1.82, 2.24) is 0 Å². The highest BCUT2D eigenvalue weighted by molar-refractivity contribution is 7.58. The monoisotopic (exact) mass is 182 g/mol. The predicted molar refractivity (Wildman–Crippen MR) is 59.3 cm³/mol. The molecule has 1 aliphatic carbocycles. The number of hydrogen-bond donors (Lipinski definition) is 0. The summed E-state index contributed by atoms with van der Waals surface area (Å²) in [5, 5.41) is 0. The zero-order valence-corrected chi connectivity index (χ0v) is 9.06. The van der Waals surface area contributed by atoms with Gasteiger partial charge in [0, 0.05) is 5.66 Å². The fraction of sp³-hybridized carbons (Fsp3) is 0.636. The first-order chi connectivity index (χ1) is 5.88. The number of hydrogen-bond acceptors (Lipinski definition) is 0. The fourth-order valence-electron chi connectivity index (χ4n) is 1.65. The topological polar surface area (TPSA) is 0 Å².